The Balaban J connectivity index is 2.05. The number of nitrogens with zero attached hydrogens (tertiary/aromatic N) is 1. The zero-order valence-corrected chi connectivity index (χ0v) is 13.9. The van der Waals surface area contributed by atoms with Crippen LogP contribution in [0.25, 0.3) is 0 Å². The molecule has 1 N–H and O–H groups in total. The number of thiocarbonyl (C=S) groups is 1. The molecule has 2 heterocycles. The van der Waals surface area contributed by atoms with E-state index in [1.807, 2.05) is 18.2 Å². The van der Waals surface area contributed by atoms with E-state index in [0.29, 0.717) is 23.3 Å². The number of nitrogens with one attached hydrogen (secondary N) is 1. The molecule has 1 saturated heterocycles. The van der Waals surface area contributed by atoms with Crippen LogP contribution in [0.5, 0.6) is 5.75 Å². The van der Waals surface area contributed by atoms with Crippen molar-refractivity contribution in [1.82, 2.24) is 10.2 Å². The van der Waals surface area contributed by atoms with Crippen molar-refractivity contribution in [2.45, 2.75) is 25.6 Å². The van der Waals surface area contributed by atoms with Gasteiger partial charge in [0, 0.05) is 25.1 Å². The molecule has 2 aliphatic rings. The fourth-order valence-electron chi connectivity index (χ4n) is 3.18. The Morgan fingerprint density at radius 1 is 1.52 bits per heavy atom. The number of hydrogen-bond acceptors (Lipinski definition) is 3. The third-order valence-corrected chi connectivity index (χ3v) is 5.20. The summed E-state index contributed by atoms with van der Waals surface area (Å²) in [5.74, 6) is 0.981. The van der Waals surface area contributed by atoms with Crippen LogP contribution < -0.4 is 10.1 Å². The molecule has 1 aromatic rings. The average Bonchev–Trinajstić information content (AvgIpc) is 2.44. The highest BCUT2D eigenvalue weighted by atomic mass is 35.5. The molecule has 0 spiro atoms. The van der Waals surface area contributed by atoms with Gasteiger partial charge in [0.25, 0.3) is 0 Å². The smallest absolute Gasteiger partial charge is 0.186 e. The van der Waals surface area contributed by atoms with Crippen molar-refractivity contribution in [2.75, 3.05) is 20.3 Å². The van der Waals surface area contributed by atoms with Crippen molar-refractivity contribution in [3.05, 3.63) is 28.8 Å². The minimum Gasteiger partial charge on any atom is -0.466 e. The maximum absolute atomic E-state index is 6.32. The van der Waals surface area contributed by atoms with Crippen LogP contribution in [0.1, 0.15) is 25.5 Å². The molecule has 21 heavy (non-hydrogen) atoms. The molecule has 0 amide bonds. The van der Waals surface area contributed by atoms with Crippen molar-refractivity contribution < 1.29 is 9.47 Å². The van der Waals surface area contributed by atoms with Crippen LogP contribution in [-0.2, 0) is 4.74 Å². The van der Waals surface area contributed by atoms with Crippen molar-refractivity contribution in [3.63, 3.8) is 0 Å². The van der Waals surface area contributed by atoms with Gasteiger partial charge < -0.3 is 19.7 Å². The summed E-state index contributed by atoms with van der Waals surface area (Å²) in [5.41, 5.74) is 0.546. The van der Waals surface area contributed by atoms with Crippen molar-refractivity contribution in [2.24, 2.45) is 5.92 Å². The minimum absolute atomic E-state index is 0.115. The number of benzene rings is 1. The van der Waals surface area contributed by atoms with E-state index in [0.717, 1.165) is 11.3 Å². The molecule has 3 rings (SSSR count). The van der Waals surface area contributed by atoms with Crippen LogP contribution in [0.2, 0.25) is 5.02 Å². The van der Waals surface area contributed by atoms with Crippen molar-refractivity contribution >= 4 is 28.9 Å². The molecule has 0 radical (unpaired) electrons. The topological polar surface area (TPSA) is 33.7 Å². The summed E-state index contributed by atoms with van der Waals surface area (Å²) in [6.07, 6.45) is 0. The molecule has 0 aliphatic carbocycles. The maximum atomic E-state index is 6.32. The number of fused-ring (bicyclic) bond motifs is 4. The molecule has 114 valence electrons. The predicted molar refractivity (Wildman–Crippen MR) is 86.7 cm³/mol. The van der Waals surface area contributed by atoms with E-state index < -0.39 is 5.72 Å². The average molecular weight is 327 g/mol. The molecular weight excluding hydrogens is 308 g/mol. The third-order valence-electron chi connectivity index (χ3n) is 4.57. The molecule has 0 aromatic heterocycles. The van der Waals surface area contributed by atoms with Crippen LogP contribution in [0.4, 0.5) is 0 Å². The van der Waals surface area contributed by atoms with Gasteiger partial charge in [0.1, 0.15) is 5.75 Å². The van der Waals surface area contributed by atoms with E-state index in [1.165, 1.54) is 0 Å². The zero-order chi connectivity index (χ0) is 15.2. The Bertz CT molecular complexity index is 583. The number of methoxy groups -OCH3 is 1. The first-order valence-corrected chi connectivity index (χ1v) is 7.82. The highest BCUT2D eigenvalue weighted by molar-refractivity contribution is 7.80. The molecular formula is C15H19ClN2O2S. The number of hydrogen-bond donors (Lipinski definition) is 1. The minimum atomic E-state index is -0.524. The number of para-hydroxylation sites is 1. The lowest BCUT2D eigenvalue weighted by Gasteiger charge is -2.56. The van der Waals surface area contributed by atoms with Gasteiger partial charge in [-0.25, -0.2) is 0 Å². The van der Waals surface area contributed by atoms with Crippen LogP contribution in [0.15, 0.2) is 18.2 Å². The number of rotatable bonds is 3. The quantitative estimate of drug-likeness (QED) is 0.864. The molecule has 6 heteroatoms. The van der Waals surface area contributed by atoms with E-state index in [2.05, 4.69) is 24.1 Å². The molecule has 1 aromatic carbocycles. The monoisotopic (exact) mass is 326 g/mol. The molecule has 2 bridgehead atoms. The maximum Gasteiger partial charge on any atom is 0.186 e. The molecule has 4 nitrogen and oxygen atoms in total. The van der Waals surface area contributed by atoms with E-state index in [1.54, 1.807) is 7.11 Å². The third kappa shape index (κ3) is 2.18. The van der Waals surface area contributed by atoms with Gasteiger partial charge in [-0.1, -0.05) is 30.7 Å². The standard InChI is InChI=1S/C15H19ClN2O2S/c1-9-12-10-5-4-6-11(16)13(10)20-15(9,2)18(7-8-19-3)14(21)17-12/h4-6,9,12H,7-8H2,1-3H3,(H,17,21). The van der Waals surface area contributed by atoms with Gasteiger partial charge in [-0.3, -0.25) is 0 Å². The van der Waals surface area contributed by atoms with Crippen molar-refractivity contribution in [3.8, 4) is 5.75 Å². The van der Waals surface area contributed by atoms with Gasteiger partial charge >= 0.3 is 0 Å². The molecule has 3 unspecified atom stereocenters. The summed E-state index contributed by atoms with van der Waals surface area (Å²) in [6.45, 7) is 5.51. The SMILES string of the molecule is COCCN1C(=S)NC2c3cccc(Cl)c3OC1(C)C2C. The lowest BCUT2D eigenvalue weighted by Crippen LogP contribution is -2.69. The number of halogens is 1. The Hall–Kier alpha value is -1.04. The fourth-order valence-corrected chi connectivity index (χ4v) is 3.80. The first-order valence-electron chi connectivity index (χ1n) is 7.03. The fraction of sp³-hybridized carbons (Fsp3) is 0.533. The van der Waals surface area contributed by atoms with Crippen LogP contribution >= 0.6 is 23.8 Å². The summed E-state index contributed by atoms with van der Waals surface area (Å²) in [5, 5.41) is 4.76. The first kappa shape index (κ1) is 14.9. The zero-order valence-electron chi connectivity index (χ0n) is 12.4. The second kappa shape index (κ2) is 5.30. The van der Waals surface area contributed by atoms with E-state index >= 15 is 0 Å². The van der Waals surface area contributed by atoms with Gasteiger partial charge in [-0.05, 0) is 25.2 Å². The van der Waals surface area contributed by atoms with Gasteiger partial charge in [-0.15, -0.1) is 0 Å². The summed E-state index contributed by atoms with van der Waals surface area (Å²) < 4.78 is 11.5. The second-order valence-electron chi connectivity index (χ2n) is 5.68. The van der Waals surface area contributed by atoms with Gasteiger partial charge in [0.05, 0.1) is 17.7 Å². The second-order valence-corrected chi connectivity index (χ2v) is 6.47. The molecule has 2 aliphatic heterocycles. The Labute approximate surface area is 135 Å². The molecule has 1 fully saturated rings. The predicted octanol–water partition coefficient (Wildman–Crippen LogP) is 2.96. The largest absolute Gasteiger partial charge is 0.466 e. The highest BCUT2D eigenvalue weighted by Crippen LogP contribution is 2.49. The molecule has 3 atom stereocenters. The van der Waals surface area contributed by atoms with E-state index in [4.69, 9.17) is 33.3 Å². The van der Waals surface area contributed by atoms with Gasteiger partial charge in [0.2, 0.25) is 0 Å². The van der Waals surface area contributed by atoms with E-state index in [-0.39, 0.29) is 12.0 Å². The lowest BCUT2D eigenvalue weighted by molar-refractivity contribution is -0.114. The van der Waals surface area contributed by atoms with Crippen LogP contribution in [0.3, 0.4) is 0 Å². The summed E-state index contributed by atoms with van der Waals surface area (Å²) in [6, 6.07) is 5.96. The Kier molecular flexibility index (Phi) is 3.76. The first-order chi connectivity index (χ1) is 9.99. The van der Waals surface area contributed by atoms with E-state index in [9.17, 15) is 0 Å². The Morgan fingerprint density at radius 3 is 3.00 bits per heavy atom. The van der Waals surface area contributed by atoms with Gasteiger partial charge in [0.15, 0.2) is 10.8 Å². The summed E-state index contributed by atoms with van der Waals surface area (Å²) in [7, 11) is 1.68. The molecule has 0 saturated carbocycles. The summed E-state index contributed by atoms with van der Waals surface area (Å²) in [4.78, 5) is 2.05. The normalized spacial score (nSPS) is 30.5. The van der Waals surface area contributed by atoms with Crippen molar-refractivity contribution in [1.29, 1.82) is 0 Å². The highest BCUT2D eigenvalue weighted by Gasteiger charge is 2.53. The van der Waals surface area contributed by atoms with Crippen LogP contribution in [0, 0.1) is 5.92 Å². The van der Waals surface area contributed by atoms with Crippen LogP contribution in [-0.4, -0.2) is 36.0 Å². The summed E-state index contributed by atoms with van der Waals surface area (Å²) >= 11 is 11.9. The number of ether oxygens (including phenoxy) is 2. The Morgan fingerprint density at radius 2 is 2.29 bits per heavy atom. The lowest BCUT2D eigenvalue weighted by atomic mass is 9.81. The van der Waals surface area contributed by atoms with Gasteiger partial charge in [-0.2, -0.15) is 0 Å².